The predicted molar refractivity (Wildman–Crippen MR) is 83.5 cm³/mol. The van der Waals surface area contributed by atoms with Gasteiger partial charge in [0.1, 0.15) is 5.02 Å². The second-order valence-electron chi connectivity index (χ2n) is 6.22. The molecule has 0 spiro atoms. The molecule has 3 rings (SSSR count). The van der Waals surface area contributed by atoms with Crippen LogP contribution in [0.1, 0.15) is 26.2 Å². The Labute approximate surface area is 135 Å². The van der Waals surface area contributed by atoms with E-state index in [1.54, 1.807) is 6.20 Å². The number of methoxy groups -OCH3 is 1. The fraction of sp³-hybridized carbons (Fsp3) is 0.733. The lowest BCUT2D eigenvalue weighted by Crippen LogP contribution is -2.52. The van der Waals surface area contributed by atoms with Crippen molar-refractivity contribution in [3.05, 3.63) is 11.2 Å². The van der Waals surface area contributed by atoms with Crippen molar-refractivity contribution in [1.29, 1.82) is 0 Å². The molecule has 2 aliphatic rings. The summed E-state index contributed by atoms with van der Waals surface area (Å²) < 4.78 is 10.7. The summed E-state index contributed by atoms with van der Waals surface area (Å²) in [6.45, 7) is 3.93. The van der Waals surface area contributed by atoms with Gasteiger partial charge >= 0.3 is 6.01 Å². The van der Waals surface area contributed by atoms with E-state index in [0.717, 1.165) is 19.4 Å². The Morgan fingerprint density at radius 2 is 2.36 bits per heavy atom. The van der Waals surface area contributed by atoms with Crippen molar-refractivity contribution in [2.75, 3.05) is 31.8 Å². The number of anilines is 1. The van der Waals surface area contributed by atoms with E-state index < -0.39 is 5.60 Å². The number of nitrogens with zero attached hydrogens (tertiary/aromatic N) is 3. The molecule has 7 heteroatoms. The molecule has 0 bridgehead atoms. The first kappa shape index (κ1) is 15.8. The zero-order valence-corrected chi connectivity index (χ0v) is 13.7. The Balaban J connectivity index is 1.90. The van der Waals surface area contributed by atoms with Gasteiger partial charge in [0.15, 0.2) is 5.82 Å². The van der Waals surface area contributed by atoms with Crippen LogP contribution in [0.25, 0.3) is 0 Å². The molecule has 6 nitrogen and oxygen atoms in total. The summed E-state index contributed by atoms with van der Waals surface area (Å²) >= 11 is 6.29. The number of halogens is 1. The van der Waals surface area contributed by atoms with Gasteiger partial charge in [-0.15, -0.1) is 0 Å². The van der Waals surface area contributed by atoms with E-state index in [0.29, 0.717) is 36.5 Å². The molecule has 22 heavy (non-hydrogen) atoms. The van der Waals surface area contributed by atoms with E-state index in [-0.39, 0.29) is 12.0 Å². The highest BCUT2D eigenvalue weighted by Crippen LogP contribution is 2.39. The van der Waals surface area contributed by atoms with Crippen molar-refractivity contribution in [2.24, 2.45) is 5.92 Å². The van der Waals surface area contributed by atoms with E-state index in [4.69, 9.17) is 21.1 Å². The Morgan fingerprint density at radius 3 is 3.09 bits per heavy atom. The van der Waals surface area contributed by atoms with Gasteiger partial charge < -0.3 is 19.5 Å². The second kappa shape index (κ2) is 6.18. The fourth-order valence-corrected chi connectivity index (χ4v) is 3.70. The smallest absolute Gasteiger partial charge is 0.318 e. The first-order chi connectivity index (χ1) is 10.5. The number of aromatic nitrogens is 2. The largest absolute Gasteiger partial charge is 0.467 e. The summed E-state index contributed by atoms with van der Waals surface area (Å²) in [5.41, 5.74) is -0.727. The molecular weight excluding hydrogens is 306 g/mol. The first-order valence-corrected chi connectivity index (χ1v) is 8.04. The molecule has 1 N–H and O–H groups in total. The number of rotatable bonds is 3. The second-order valence-corrected chi connectivity index (χ2v) is 6.63. The quantitative estimate of drug-likeness (QED) is 0.914. The van der Waals surface area contributed by atoms with Crippen LogP contribution in [0.3, 0.4) is 0 Å². The summed E-state index contributed by atoms with van der Waals surface area (Å²) in [6, 6.07) is 0.462. The van der Waals surface area contributed by atoms with Crippen molar-refractivity contribution in [3.63, 3.8) is 0 Å². The topological polar surface area (TPSA) is 67.7 Å². The third kappa shape index (κ3) is 2.87. The first-order valence-electron chi connectivity index (χ1n) is 7.66. The lowest BCUT2D eigenvalue weighted by Gasteiger charge is -2.43. The molecule has 0 aromatic carbocycles. The van der Waals surface area contributed by atoms with Crippen LogP contribution in [0.15, 0.2) is 6.20 Å². The standard InChI is InChI=1S/C15H22ClN3O3/c1-15(20)5-7-22-9-10(15)12-4-3-6-19(12)13-11(16)8-17-14(18-13)21-2/h8,10,12,20H,3-7,9H2,1-2H3/t10-,12-,15-/m1/s1. The summed E-state index contributed by atoms with van der Waals surface area (Å²) in [5.74, 6) is 0.721. The lowest BCUT2D eigenvalue weighted by atomic mass is 9.79. The lowest BCUT2D eigenvalue weighted by molar-refractivity contribution is -0.108. The van der Waals surface area contributed by atoms with E-state index in [1.807, 2.05) is 6.92 Å². The zero-order valence-electron chi connectivity index (χ0n) is 13.0. The molecular formula is C15H22ClN3O3. The Morgan fingerprint density at radius 1 is 1.55 bits per heavy atom. The van der Waals surface area contributed by atoms with Gasteiger partial charge in [-0.05, 0) is 26.2 Å². The molecule has 0 aliphatic carbocycles. The van der Waals surface area contributed by atoms with Crippen molar-refractivity contribution >= 4 is 17.4 Å². The van der Waals surface area contributed by atoms with E-state index in [9.17, 15) is 5.11 Å². The van der Waals surface area contributed by atoms with Gasteiger partial charge in [0.05, 0.1) is 25.5 Å². The molecule has 0 amide bonds. The summed E-state index contributed by atoms with van der Waals surface area (Å²) in [6.07, 6.45) is 4.25. The maximum atomic E-state index is 10.7. The highest BCUT2D eigenvalue weighted by molar-refractivity contribution is 6.32. The van der Waals surface area contributed by atoms with Crippen LogP contribution in [0.2, 0.25) is 5.02 Å². The van der Waals surface area contributed by atoms with Gasteiger partial charge in [-0.2, -0.15) is 4.98 Å². The van der Waals surface area contributed by atoms with Crippen molar-refractivity contribution < 1.29 is 14.6 Å². The molecule has 1 aromatic heterocycles. The number of ether oxygens (including phenoxy) is 2. The SMILES string of the molecule is COc1ncc(Cl)c(N2CCC[C@@H]2[C@H]2COCC[C@@]2(C)O)n1. The number of hydrogen-bond acceptors (Lipinski definition) is 6. The maximum Gasteiger partial charge on any atom is 0.318 e. The molecule has 0 radical (unpaired) electrons. The van der Waals surface area contributed by atoms with Crippen LogP contribution in [-0.2, 0) is 4.74 Å². The normalized spacial score (nSPS) is 32.3. The van der Waals surface area contributed by atoms with Gasteiger partial charge in [-0.1, -0.05) is 11.6 Å². The summed E-state index contributed by atoms with van der Waals surface area (Å²) in [4.78, 5) is 10.6. The van der Waals surface area contributed by atoms with Gasteiger partial charge in [-0.25, -0.2) is 4.98 Å². The average molecular weight is 328 g/mol. The van der Waals surface area contributed by atoms with Gasteiger partial charge in [0.25, 0.3) is 0 Å². The molecule has 0 saturated carbocycles. The van der Waals surface area contributed by atoms with Crippen molar-refractivity contribution in [2.45, 2.75) is 37.8 Å². The van der Waals surface area contributed by atoms with Gasteiger partial charge in [0, 0.05) is 25.1 Å². The van der Waals surface area contributed by atoms with E-state index in [1.165, 1.54) is 7.11 Å². The minimum Gasteiger partial charge on any atom is -0.467 e. The molecule has 2 fully saturated rings. The van der Waals surface area contributed by atoms with Crippen LogP contribution in [-0.4, -0.2) is 53.6 Å². The summed E-state index contributed by atoms with van der Waals surface area (Å²) in [5, 5.41) is 11.2. The van der Waals surface area contributed by atoms with Crippen LogP contribution >= 0.6 is 11.6 Å². The third-order valence-electron chi connectivity index (χ3n) is 4.77. The van der Waals surface area contributed by atoms with Crippen LogP contribution in [0.4, 0.5) is 5.82 Å². The highest BCUT2D eigenvalue weighted by atomic mass is 35.5. The molecule has 1 aromatic rings. The molecule has 122 valence electrons. The predicted octanol–water partition coefficient (Wildman–Crippen LogP) is 1.89. The average Bonchev–Trinajstić information content (AvgIpc) is 2.96. The van der Waals surface area contributed by atoms with Crippen molar-refractivity contribution in [3.8, 4) is 6.01 Å². The Hall–Kier alpha value is -1.11. The minimum atomic E-state index is -0.727. The van der Waals surface area contributed by atoms with E-state index in [2.05, 4.69) is 14.9 Å². The maximum absolute atomic E-state index is 10.7. The molecule has 2 saturated heterocycles. The van der Waals surface area contributed by atoms with Crippen molar-refractivity contribution in [1.82, 2.24) is 9.97 Å². The number of aliphatic hydroxyl groups is 1. The Bertz CT molecular complexity index is 541. The summed E-state index contributed by atoms with van der Waals surface area (Å²) in [7, 11) is 1.54. The monoisotopic (exact) mass is 327 g/mol. The van der Waals surface area contributed by atoms with Crippen LogP contribution in [0, 0.1) is 5.92 Å². The molecule has 3 heterocycles. The van der Waals surface area contributed by atoms with E-state index >= 15 is 0 Å². The molecule has 3 atom stereocenters. The van der Waals surface area contributed by atoms with Gasteiger partial charge in [-0.3, -0.25) is 0 Å². The molecule has 0 unspecified atom stereocenters. The van der Waals surface area contributed by atoms with Crippen LogP contribution < -0.4 is 9.64 Å². The third-order valence-corrected chi connectivity index (χ3v) is 5.04. The molecule has 2 aliphatic heterocycles. The zero-order chi connectivity index (χ0) is 15.7. The van der Waals surface area contributed by atoms with Gasteiger partial charge in [0.2, 0.25) is 0 Å². The number of hydrogen-bond donors (Lipinski definition) is 1. The fourth-order valence-electron chi connectivity index (χ4n) is 3.50. The van der Waals surface area contributed by atoms with Crippen LogP contribution in [0.5, 0.6) is 6.01 Å². The minimum absolute atomic E-state index is 0.0424. The Kier molecular flexibility index (Phi) is 4.43. The highest BCUT2D eigenvalue weighted by Gasteiger charge is 2.44.